The van der Waals surface area contributed by atoms with Crippen molar-refractivity contribution in [2.24, 2.45) is 0 Å². The van der Waals surface area contributed by atoms with Crippen LogP contribution >= 0.6 is 0 Å². The minimum absolute atomic E-state index is 0.101. The molecule has 0 heterocycles. The molecule has 0 radical (unpaired) electrons. The monoisotopic (exact) mass is 350 g/mol. The maximum absolute atomic E-state index is 12.0. The van der Waals surface area contributed by atoms with Crippen LogP contribution in [0.3, 0.4) is 0 Å². The number of carbonyl (C=O) groups is 1. The third kappa shape index (κ3) is 4.63. The number of aryl methyl sites for hydroxylation is 1. The standard InChI is InChI=1S/C16H18N2O5S/c1-10-8-14(15(20)9-16(10)22-3)18-24(21)23-13-6-4-12(5-7-13)17-11(2)19/h4-9,18,20H,1-3H3,(H,17,19). The number of rotatable bonds is 6. The summed E-state index contributed by atoms with van der Waals surface area (Å²) in [5, 5.41) is 12.5. The van der Waals surface area contributed by atoms with Gasteiger partial charge in [0.05, 0.1) is 12.8 Å². The van der Waals surface area contributed by atoms with Crippen molar-refractivity contribution in [3.63, 3.8) is 0 Å². The van der Waals surface area contributed by atoms with Crippen LogP contribution in [0.4, 0.5) is 11.4 Å². The second-order valence-corrected chi connectivity index (χ2v) is 5.80. The first-order chi connectivity index (χ1) is 11.4. The molecule has 1 unspecified atom stereocenters. The molecule has 2 aromatic carbocycles. The van der Waals surface area contributed by atoms with E-state index in [1.54, 1.807) is 37.3 Å². The summed E-state index contributed by atoms with van der Waals surface area (Å²) < 4.78 is 24.9. The molecule has 2 rings (SSSR count). The van der Waals surface area contributed by atoms with Crippen LogP contribution < -0.4 is 19.0 Å². The maximum Gasteiger partial charge on any atom is 0.316 e. The summed E-state index contributed by atoms with van der Waals surface area (Å²) in [6, 6.07) is 9.44. The van der Waals surface area contributed by atoms with Crippen LogP contribution in [0.1, 0.15) is 12.5 Å². The zero-order valence-electron chi connectivity index (χ0n) is 13.5. The number of aromatic hydroxyl groups is 1. The fraction of sp³-hybridized carbons (Fsp3) is 0.188. The van der Waals surface area contributed by atoms with E-state index in [-0.39, 0.29) is 17.3 Å². The number of anilines is 2. The Morgan fingerprint density at radius 2 is 1.88 bits per heavy atom. The van der Waals surface area contributed by atoms with Crippen LogP contribution in [0.15, 0.2) is 36.4 Å². The number of benzene rings is 2. The Morgan fingerprint density at radius 1 is 1.21 bits per heavy atom. The molecule has 8 heteroatoms. The highest BCUT2D eigenvalue weighted by molar-refractivity contribution is 7.82. The Balaban J connectivity index is 2.03. The topological polar surface area (TPSA) is 96.9 Å². The first kappa shape index (κ1) is 17.6. The molecule has 1 atom stereocenters. The van der Waals surface area contributed by atoms with E-state index in [0.29, 0.717) is 17.2 Å². The van der Waals surface area contributed by atoms with Crippen LogP contribution in [0, 0.1) is 6.92 Å². The van der Waals surface area contributed by atoms with E-state index in [1.807, 2.05) is 0 Å². The first-order valence-corrected chi connectivity index (χ1v) is 8.08. The summed E-state index contributed by atoms with van der Waals surface area (Å²) in [4.78, 5) is 11.0. The average molecular weight is 350 g/mol. The van der Waals surface area contributed by atoms with Gasteiger partial charge >= 0.3 is 11.3 Å². The molecule has 0 aliphatic heterocycles. The van der Waals surface area contributed by atoms with Crippen molar-refractivity contribution in [3.8, 4) is 17.2 Å². The minimum Gasteiger partial charge on any atom is -0.506 e. The van der Waals surface area contributed by atoms with Gasteiger partial charge in [0.15, 0.2) is 0 Å². The van der Waals surface area contributed by atoms with E-state index in [9.17, 15) is 14.1 Å². The summed E-state index contributed by atoms with van der Waals surface area (Å²) in [7, 11) is 1.50. The molecule has 0 fully saturated rings. The van der Waals surface area contributed by atoms with Crippen molar-refractivity contribution in [1.29, 1.82) is 0 Å². The van der Waals surface area contributed by atoms with Crippen LogP contribution in [0.5, 0.6) is 17.2 Å². The SMILES string of the molecule is COc1cc(O)c(NS(=O)Oc2ccc(NC(C)=O)cc2)cc1C. The molecule has 2 aromatic rings. The molecule has 128 valence electrons. The van der Waals surface area contributed by atoms with Crippen LogP contribution in [0.2, 0.25) is 0 Å². The number of hydrogen-bond acceptors (Lipinski definition) is 5. The zero-order chi connectivity index (χ0) is 17.7. The Hall–Kier alpha value is -2.74. The van der Waals surface area contributed by atoms with Gasteiger partial charge < -0.3 is 19.3 Å². The quantitative estimate of drug-likeness (QED) is 0.696. The van der Waals surface area contributed by atoms with Crippen LogP contribution in [-0.2, 0) is 16.1 Å². The van der Waals surface area contributed by atoms with E-state index in [2.05, 4.69) is 10.0 Å². The highest BCUT2D eigenvalue weighted by atomic mass is 32.2. The van der Waals surface area contributed by atoms with E-state index in [4.69, 9.17) is 8.92 Å². The third-order valence-electron chi connectivity index (χ3n) is 3.05. The second-order valence-electron chi connectivity index (χ2n) is 4.96. The molecular formula is C16H18N2O5S. The second kappa shape index (κ2) is 7.69. The lowest BCUT2D eigenvalue weighted by atomic mass is 10.2. The fourth-order valence-electron chi connectivity index (χ4n) is 1.97. The van der Waals surface area contributed by atoms with Gasteiger partial charge in [0.1, 0.15) is 17.2 Å². The molecule has 0 saturated heterocycles. The molecule has 1 amide bonds. The summed E-state index contributed by atoms with van der Waals surface area (Å²) in [5.41, 5.74) is 1.65. The zero-order valence-corrected chi connectivity index (χ0v) is 14.3. The lowest BCUT2D eigenvalue weighted by Gasteiger charge is -2.12. The van der Waals surface area contributed by atoms with Gasteiger partial charge in [-0.3, -0.25) is 9.52 Å². The van der Waals surface area contributed by atoms with Gasteiger partial charge in [-0.1, -0.05) is 0 Å². The summed E-state index contributed by atoms with van der Waals surface area (Å²) in [6.45, 7) is 3.21. The number of methoxy groups -OCH3 is 1. The highest BCUT2D eigenvalue weighted by Crippen LogP contribution is 2.32. The molecule has 0 spiro atoms. The Labute approximate surface area is 142 Å². The number of phenols is 1. The van der Waals surface area contributed by atoms with Crippen molar-refractivity contribution in [3.05, 3.63) is 42.0 Å². The van der Waals surface area contributed by atoms with Gasteiger partial charge in [-0.2, -0.15) is 4.21 Å². The molecule has 7 nitrogen and oxygen atoms in total. The number of amides is 1. The number of hydrogen-bond donors (Lipinski definition) is 3. The molecule has 0 saturated carbocycles. The molecule has 0 aliphatic carbocycles. The van der Waals surface area contributed by atoms with Gasteiger partial charge in [0.25, 0.3) is 0 Å². The van der Waals surface area contributed by atoms with E-state index >= 15 is 0 Å². The normalized spacial score (nSPS) is 11.5. The Kier molecular flexibility index (Phi) is 5.64. The minimum atomic E-state index is -1.90. The predicted octanol–water partition coefficient (Wildman–Crippen LogP) is 2.74. The van der Waals surface area contributed by atoms with Gasteiger partial charge in [-0.05, 0) is 42.8 Å². The lowest BCUT2D eigenvalue weighted by molar-refractivity contribution is -0.114. The number of ether oxygens (including phenoxy) is 1. The van der Waals surface area contributed by atoms with Crippen molar-refractivity contribution < 1.29 is 23.0 Å². The number of nitrogens with one attached hydrogen (secondary N) is 2. The summed E-state index contributed by atoms with van der Waals surface area (Å²) in [5.74, 6) is 0.590. The third-order valence-corrected chi connectivity index (χ3v) is 3.78. The molecule has 24 heavy (non-hydrogen) atoms. The van der Waals surface area contributed by atoms with Gasteiger partial charge in [-0.25, -0.2) is 0 Å². The summed E-state index contributed by atoms with van der Waals surface area (Å²) >= 11 is -1.90. The van der Waals surface area contributed by atoms with Gasteiger partial charge in [-0.15, -0.1) is 0 Å². The number of phenolic OH excluding ortho intramolecular Hbond substituents is 1. The van der Waals surface area contributed by atoms with E-state index in [0.717, 1.165) is 5.56 Å². The lowest BCUT2D eigenvalue weighted by Crippen LogP contribution is -2.11. The highest BCUT2D eigenvalue weighted by Gasteiger charge is 2.11. The fourth-order valence-corrected chi connectivity index (χ4v) is 2.64. The molecule has 0 aliphatic rings. The molecule has 0 aromatic heterocycles. The van der Waals surface area contributed by atoms with Crippen molar-refractivity contribution in [2.45, 2.75) is 13.8 Å². The largest absolute Gasteiger partial charge is 0.506 e. The molecule has 3 N–H and O–H groups in total. The van der Waals surface area contributed by atoms with Crippen molar-refractivity contribution in [2.75, 3.05) is 17.1 Å². The Morgan fingerprint density at radius 3 is 2.46 bits per heavy atom. The van der Waals surface area contributed by atoms with Crippen molar-refractivity contribution >= 4 is 28.5 Å². The van der Waals surface area contributed by atoms with E-state index < -0.39 is 11.3 Å². The number of carbonyl (C=O) groups excluding carboxylic acids is 1. The van der Waals surface area contributed by atoms with Gasteiger partial charge in [0.2, 0.25) is 5.91 Å². The smallest absolute Gasteiger partial charge is 0.316 e. The van der Waals surface area contributed by atoms with Crippen LogP contribution in [-0.4, -0.2) is 22.3 Å². The van der Waals surface area contributed by atoms with Gasteiger partial charge in [0, 0.05) is 18.7 Å². The Bertz CT molecular complexity index is 762. The van der Waals surface area contributed by atoms with Crippen molar-refractivity contribution in [1.82, 2.24) is 0 Å². The molecule has 0 bridgehead atoms. The maximum atomic E-state index is 12.0. The predicted molar refractivity (Wildman–Crippen MR) is 92.5 cm³/mol. The first-order valence-electron chi connectivity index (χ1n) is 7.01. The van der Waals surface area contributed by atoms with Crippen LogP contribution in [0.25, 0.3) is 0 Å². The molecular weight excluding hydrogens is 332 g/mol. The summed E-state index contributed by atoms with van der Waals surface area (Å²) in [6.07, 6.45) is 0. The average Bonchev–Trinajstić information content (AvgIpc) is 2.52. The van der Waals surface area contributed by atoms with E-state index in [1.165, 1.54) is 20.1 Å².